The molecule has 5 nitrogen and oxygen atoms in total. The van der Waals surface area contributed by atoms with Gasteiger partial charge in [0.15, 0.2) is 0 Å². The lowest BCUT2D eigenvalue weighted by Crippen LogP contribution is -2.60. The highest BCUT2D eigenvalue weighted by Crippen LogP contribution is 2.39. The van der Waals surface area contributed by atoms with E-state index in [9.17, 15) is 13.6 Å². The molecule has 2 aliphatic heterocycles. The molecule has 0 saturated carbocycles. The Morgan fingerprint density at radius 3 is 2.27 bits per heavy atom. The highest BCUT2D eigenvalue weighted by molar-refractivity contribution is 5.81. The van der Waals surface area contributed by atoms with Gasteiger partial charge in [-0.15, -0.1) is 0 Å². The zero-order valence-corrected chi connectivity index (χ0v) is 20.1. The smallest absolute Gasteiger partial charge is 0.228 e. The summed E-state index contributed by atoms with van der Waals surface area (Å²) < 4.78 is 28.4. The summed E-state index contributed by atoms with van der Waals surface area (Å²) in [6.07, 6.45) is 1.78. The van der Waals surface area contributed by atoms with Gasteiger partial charge in [0.2, 0.25) is 5.91 Å². The van der Waals surface area contributed by atoms with Crippen molar-refractivity contribution in [3.63, 3.8) is 0 Å². The summed E-state index contributed by atoms with van der Waals surface area (Å²) in [4.78, 5) is 24.9. The van der Waals surface area contributed by atoms with E-state index in [4.69, 9.17) is 0 Å². The predicted octanol–water partition coefficient (Wildman–Crippen LogP) is 4.30. The molecular formula is C26H34F2N4O. The molecule has 0 unspecified atom stereocenters. The zero-order chi connectivity index (χ0) is 23.9. The van der Waals surface area contributed by atoms with Gasteiger partial charge in [-0.1, -0.05) is 12.1 Å². The van der Waals surface area contributed by atoms with Gasteiger partial charge in [0.1, 0.15) is 17.5 Å². The normalized spacial score (nSPS) is 26.6. The van der Waals surface area contributed by atoms with E-state index in [1.54, 1.807) is 6.20 Å². The van der Waals surface area contributed by atoms with Crippen LogP contribution in [0.25, 0.3) is 0 Å². The number of nitrogens with zero attached hydrogens (tertiary/aromatic N) is 4. The maximum absolute atomic E-state index is 14.8. The first-order valence-electron chi connectivity index (χ1n) is 11.7. The molecule has 1 aromatic heterocycles. The summed E-state index contributed by atoms with van der Waals surface area (Å²) in [5.74, 6) is -0.904. The summed E-state index contributed by atoms with van der Waals surface area (Å²) >= 11 is 0. The van der Waals surface area contributed by atoms with Gasteiger partial charge < -0.3 is 9.80 Å². The average Bonchev–Trinajstić information content (AvgIpc) is 3.19. The Hall–Kier alpha value is -2.54. The van der Waals surface area contributed by atoms with Gasteiger partial charge in [-0.25, -0.2) is 13.8 Å². The molecule has 2 saturated heterocycles. The lowest BCUT2D eigenvalue weighted by Gasteiger charge is -2.46. The van der Waals surface area contributed by atoms with E-state index in [0.29, 0.717) is 31.7 Å². The molecule has 0 N–H and O–H groups in total. The molecule has 0 radical (unpaired) electrons. The van der Waals surface area contributed by atoms with Gasteiger partial charge in [-0.3, -0.25) is 9.69 Å². The number of benzene rings is 1. The van der Waals surface area contributed by atoms with E-state index in [-0.39, 0.29) is 35.4 Å². The van der Waals surface area contributed by atoms with E-state index >= 15 is 0 Å². The molecule has 0 aliphatic carbocycles. The van der Waals surface area contributed by atoms with Crippen LogP contribution in [-0.4, -0.2) is 64.5 Å². The highest BCUT2D eigenvalue weighted by Gasteiger charge is 2.46. The van der Waals surface area contributed by atoms with Crippen molar-refractivity contribution in [3.8, 4) is 0 Å². The molecule has 7 heteroatoms. The Kier molecular flexibility index (Phi) is 6.45. The fourth-order valence-corrected chi connectivity index (χ4v) is 5.40. The Morgan fingerprint density at radius 2 is 1.70 bits per heavy atom. The number of likely N-dealkylation sites (tertiary alicyclic amines) is 1. The summed E-state index contributed by atoms with van der Waals surface area (Å²) in [5, 5.41) is 0. The third-order valence-electron chi connectivity index (χ3n) is 7.09. The molecule has 2 fully saturated rings. The topological polar surface area (TPSA) is 39.7 Å². The van der Waals surface area contributed by atoms with Crippen LogP contribution in [0.3, 0.4) is 0 Å². The molecule has 2 aliphatic rings. The van der Waals surface area contributed by atoms with Crippen LogP contribution in [-0.2, 0) is 4.79 Å². The SMILES string of the molecule is C[C@@H]1CN(c2ccccn2)C[C@H](C)N1C(=O)[C@@H]1CN(C(C)(C)C)C[C@H]1c1ccc(F)cc1F. The third-order valence-corrected chi connectivity index (χ3v) is 7.09. The van der Waals surface area contributed by atoms with Gasteiger partial charge in [0, 0.05) is 62.0 Å². The maximum atomic E-state index is 14.8. The number of carbonyl (C=O) groups is 1. The van der Waals surface area contributed by atoms with Gasteiger partial charge in [0.25, 0.3) is 0 Å². The molecule has 0 bridgehead atoms. The van der Waals surface area contributed by atoms with E-state index in [1.165, 1.54) is 12.1 Å². The molecule has 4 rings (SSSR count). The lowest BCUT2D eigenvalue weighted by atomic mass is 9.86. The quantitative estimate of drug-likeness (QED) is 0.691. The first-order chi connectivity index (χ1) is 15.6. The van der Waals surface area contributed by atoms with E-state index in [0.717, 1.165) is 11.9 Å². The Balaban J connectivity index is 1.60. The minimum absolute atomic E-state index is 0.00865. The monoisotopic (exact) mass is 456 g/mol. The van der Waals surface area contributed by atoms with Crippen molar-refractivity contribution in [1.82, 2.24) is 14.8 Å². The number of halogens is 2. The minimum atomic E-state index is -0.599. The van der Waals surface area contributed by atoms with Crippen molar-refractivity contribution in [1.29, 1.82) is 0 Å². The number of carbonyl (C=O) groups excluding carboxylic acids is 1. The molecule has 3 heterocycles. The number of rotatable bonds is 3. The van der Waals surface area contributed by atoms with Crippen molar-refractivity contribution in [2.75, 3.05) is 31.1 Å². The molecule has 2 aromatic rings. The van der Waals surface area contributed by atoms with Gasteiger partial charge >= 0.3 is 0 Å². The van der Waals surface area contributed by atoms with Crippen LogP contribution in [0.2, 0.25) is 0 Å². The summed E-state index contributed by atoms with van der Waals surface area (Å²) in [6, 6.07) is 9.55. The molecule has 178 valence electrons. The Morgan fingerprint density at radius 1 is 1.00 bits per heavy atom. The van der Waals surface area contributed by atoms with E-state index < -0.39 is 11.6 Å². The van der Waals surface area contributed by atoms with Gasteiger partial charge in [-0.2, -0.15) is 0 Å². The highest BCUT2D eigenvalue weighted by atomic mass is 19.1. The Labute approximate surface area is 195 Å². The number of amides is 1. The van der Waals surface area contributed by atoms with Crippen LogP contribution < -0.4 is 4.90 Å². The van der Waals surface area contributed by atoms with Crippen LogP contribution >= 0.6 is 0 Å². The van der Waals surface area contributed by atoms with Crippen LogP contribution in [0.5, 0.6) is 0 Å². The number of hydrogen-bond acceptors (Lipinski definition) is 4. The van der Waals surface area contributed by atoms with Crippen molar-refractivity contribution in [3.05, 3.63) is 59.8 Å². The van der Waals surface area contributed by atoms with Gasteiger partial charge in [-0.05, 0) is 58.4 Å². The summed E-state index contributed by atoms with van der Waals surface area (Å²) in [7, 11) is 0. The van der Waals surface area contributed by atoms with Crippen LogP contribution in [0, 0.1) is 17.6 Å². The molecule has 1 amide bonds. The molecule has 4 atom stereocenters. The number of aromatic nitrogens is 1. The largest absolute Gasteiger partial charge is 0.353 e. The zero-order valence-electron chi connectivity index (χ0n) is 20.1. The number of piperazine rings is 1. The average molecular weight is 457 g/mol. The van der Waals surface area contributed by atoms with Gasteiger partial charge in [0.05, 0.1) is 5.92 Å². The number of anilines is 1. The maximum Gasteiger partial charge on any atom is 0.228 e. The Bertz CT molecular complexity index is 982. The summed E-state index contributed by atoms with van der Waals surface area (Å²) in [6.45, 7) is 13.0. The second-order valence-electron chi connectivity index (χ2n) is 10.5. The van der Waals surface area contributed by atoms with Crippen molar-refractivity contribution < 1.29 is 13.6 Å². The number of pyridine rings is 1. The second kappa shape index (κ2) is 9.01. The standard InChI is InChI=1S/C26H34F2N4O/c1-17-13-30(24-8-6-7-11-29-24)14-18(2)32(17)25(33)22-16-31(26(3,4)5)15-21(22)20-10-9-19(27)12-23(20)28/h6-12,17-18,21-22H,13-16H2,1-5H3/t17-,18+,21-,22+/m0/s1. The third kappa shape index (κ3) is 4.74. The lowest BCUT2D eigenvalue weighted by molar-refractivity contribution is -0.140. The molecule has 33 heavy (non-hydrogen) atoms. The van der Waals surface area contributed by atoms with E-state index in [2.05, 4.69) is 49.4 Å². The fraction of sp³-hybridized carbons (Fsp3) is 0.538. The second-order valence-corrected chi connectivity index (χ2v) is 10.5. The minimum Gasteiger partial charge on any atom is -0.353 e. The van der Waals surface area contributed by atoms with Crippen molar-refractivity contribution in [2.24, 2.45) is 5.92 Å². The van der Waals surface area contributed by atoms with E-state index in [1.807, 2.05) is 23.1 Å². The summed E-state index contributed by atoms with van der Waals surface area (Å²) in [5.41, 5.74) is 0.271. The van der Waals surface area contributed by atoms with Crippen molar-refractivity contribution in [2.45, 2.75) is 58.2 Å². The van der Waals surface area contributed by atoms with Crippen LogP contribution in [0.4, 0.5) is 14.6 Å². The van der Waals surface area contributed by atoms with Crippen LogP contribution in [0.15, 0.2) is 42.6 Å². The van der Waals surface area contributed by atoms with Crippen molar-refractivity contribution >= 4 is 11.7 Å². The molecule has 0 spiro atoms. The predicted molar refractivity (Wildman–Crippen MR) is 126 cm³/mol. The first-order valence-corrected chi connectivity index (χ1v) is 11.7. The first kappa shape index (κ1) is 23.6. The number of hydrogen-bond donors (Lipinski definition) is 0. The molecular weight excluding hydrogens is 422 g/mol. The van der Waals surface area contributed by atoms with Crippen LogP contribution in [0.1, 0.15) is 46.1 Å². The molecule has 1 aromatic carbocycles. The fourth-order valence-electron chi connectivity index (χ4n) is 5.40.